The Hall–Kier alpha value is -2.65. The molecule has 5 nitrogen and oxygen atoms in total. The molecule has 0 saturated carbocycles. The Balaban J connectivity index is 1.72. The quantitative estimate of drug-likeness (QED) is 0.706. The summed E-state index contributed by atoms with van der Waals surface area (Å²) in [5, 5.41) is 2.50. The van der Waals surface area contributed by atoms with Crippen LogP contribution in [0.5, 0.6) is 0 Å². The van der Waals surface area contributed by atoms with Crippen molar-refractivity contribution in [3.05, 3.63) is 65.5 Å². The zero-order valence-corrected chi connectivity index (χ0v) is 16.3. The first-order valence-corrected chi connectivity index (χ1v) is 9.59. The highest BCUT2D eigenvalue weighted by Crippen LogP contribution is 2.30. The number of nitrogens with zero attached hydrogens (tertiary/aromatic N) is 2. The molecule has 0 atom stereocenters. The van der Waals surface area contributed by atoms with E-state index in [9.17, 15) is 22.4 Å². The molecule has 0 radical (unpaired) electrons. The SMILES string of the molecule is O=C(Nc1cccc(C(F)(F)F)c1)N(CCN1CCOCC1)Cc1ccccc1F. The molecule has 1 heterocycles. The molecular weight excluding hydrogens is 402 g/mol. The summed E-state index contributed by atoms with van der Waals surface area (Å²) in [5.41, 5.74) is -0.493. The normalized spacial score (nSPS) is 15.1. The number of rotatable bonds is 6. The molecular formula is C21H23F4N3O2. The van der Waals surface area contributed by atoms with Crippen molar-refractivity contribution in [2.75, 3.05) is 44.7 Å². The van der Waals surface area contributed by atoms with Crippen LogP contribution in [0.3, 0.4) is 0 Å². The number of carbonyl (C=O) groups is 1. The van der Waals surface area contributed by atoms with Gasteiger partial charge >= 0.3 is 12.2 Å². The van der Waals surface area contributed by atoms with Crippen molar-refractivity contribution in [3.63, 3.8) is 0 Å². The molecule has 3 rings (SSSR count). The molecule has 1 fully saturated rings. The van der Waals surface area contributed by atoms with E-state index in [1.54, 1.807) is 18.2 Å². The zero-order chi connectivity index (χ0) is 21.6. The Morgan fingerprint density at radius 2 is 1.83 bits per heavy atom. The molecule has 2 amide bonds. The van der Waals surface area contributed by atoms with Crippen molar-refractivity contribution < 1.29 is 27.1 Å². The standard InChI is InChI=1S/C21H23F4N3O2/c22-19-7-2-1-4-16(19)15-28(9-8-27-10-12-30-13-11-27)20(29)26-18-6-3-5-17(14-18)21(23,24)25/h1-7,14H,8-13,15H2,(H,26,29). The van der Waals surface area contributed by atoms with Gasteiger partial charge in [0.1, 0.15) is 5.82 Å². The van der Waals surface area contributed by atoms with E-state index in [1.807, 2.05) is 0 Å². The Kier molecular flexibility index (Phi) is 7.28. The lowest BCUT2D eigenvalue weighted by molar-refractivity contribution is -0.137. The average Bonchev–Trinajstić information content (AvgIpc) is 2.72. The predicted molar refractivity (Wildman–Crippen MR) is 105 cm³/mol. The number of hydrogen-bond acceptors (Lipinski definition) is 3. The van der Waals surface area contributed by atoms with Crippen LogP contribution >= 0.6 is 0 Å². The lowest BCUT2D eigenvalue weighted by Crippen LogP contribution is -2.44. The fraction of sp³-hybridized carbons (Fsp3) is 0.381. The summed E-state index contributed by atoms with van der Waals surface area (Å²) in [4.78, 5) is 16.3. The first-order valence-electron chi connectivity index (χ1n) is 9.59. The minimum atomic E-state index is -4.51. The van der Waals surface area contributed by atoms with Crippen molar-refractivity contribution in [1.82, 2.24) is 9.80 Å². The van der Waals surface area contributed by atoms with E-state index in [0.29, 0.717) is 31.9 Å². The predicted octanol–water partition coefficient (Wildman–Crippen LogP) is 4.21. The van der Waals surface area contributed by atoms with Crippen LogP contribution in [0.1, 0.15) is 11.1 Å². The maximum atomic E-state index is 14.1. The molecule has 162 valence electrons. The fourth-order valence-corrected chi connectivity index (χ4v) is 3.15. The lowest BCUT2D eigenvalue weighted by Gasteiger charge is -2.30. The number of urea groups is 1. The number of amides is 2. The van der Waals surface area contributed by atoms with Crippen LogP contribution in [0, 0.1) is 5.82 Å². The molecule has 1 N–H and O–H groups in total. The molecule has 2 aromatic carbocycles. The van der Waals surface area contributed by atoms with Crippen molar-refractivity contribution in [2.24, 2.45) is 0 Å². The second-order valence-electron chi connectivity index (χ2n) is 6.98. The van der Waals surface area contributed by atoms with Crippen molar-refractivity contribution in [1.29, 1.82) is 0 Å². The van der Waals surface area contributed by atoms with E-state index in [1.165, 1.54) is 23.1 Å². The lowest BCUT2D eigenvalue weighted by atomic mass is 10.2. The molecule has 1 aliphatic rings. The third kappa shape index (κ3) is 6.17. The molecule has 0 spiro atoms. The minimum absolute atomic E-state index is 0.00179. The number of nitrogens with one attached hydrogen (secondary N) is 1. The van der Waals surface area contributed by atoms with Gasteiger partial charge in [0.15, 0.2) is 0 Å². The maximum absolute atomic E-state index is 14.1. The van der Waals surface area contributed by atoms with Crippen molar-refractivity contribution in [2.45, 2.75) is 12.7 Å². The summed E-state index contributed by atoms with van der Waals surface area (Å²) < 4.78 is 58.2. The zero-order valence-electron chi connectivity index (χ0n) is 16.3. The number of alkyl halides is 3. The summed E-state index contributed by atoms with van der Waals surface area (Å²) in [6.45, 7) is 3.49. The van der Waals surface area contributed by atoms with Crippen LogP contribution in [0.2, 0.25) is 0 Å². The topological polar surface area (TPSA) is 44.8 Å². The molecule has 2 aromatic rings. The summed E-state index contributed by atoms with van der Waals surface area (Å²) in [5.74, 6) is -0.444. The number of benzene rings is 2. The molecule has 0 aliphatic carbocycles. The number of anilines is 1. The second kappa shape index (κ2) is 9.90. The van der Waals surface area contributed by atoms with E-state index < -0.39 is 23.6 Å². The van der Waals surface area contributed by atoms with Gasteiger partial charge in [-0.2, -0.15) is 13.2 Å². The van der Waals surface area contributed by atoms with Gasteiger partial charge in [-0.05, 0) is 24.3 Å². The van der Waals surface area contributed by atoms with Crippen LogP contribution in [0.4, 0.5) is 28.0 Å². The van der Waals surface area contributed by atoms with Crippen LogP contribution in [-0.2, 0) is 17.5 Å². The molecule has 0 aromatic heterocycles. The summed E-state index contributed by atoms with van der Waals surface area (Å²) in [7, 11) is 0. The van der Waals surface area contributed by atoms with Gasteiger partial charge in [-0.15, -0.1) is 0 Å². The molecule has 9 heteroatoms. The highest BCUT2D eigenvalue weighted by Gasteiger charge is 2.30. The largest absolute Gasteiger partial charge is 0.416 e. The monoisotopic (exact) mass is 425 g/mol. The van der Waals surface area contributed by atoms with Gasteiger partial charge in [-0.1, -0.05) is 24.3 Å². The first-order chi connectivity index (χ1) is 14.3. The molecule has 0 bridgehead atoms. The summed E-state index contributed by atoms with van der Waals surface area (Å²) in [6, 6.07) is 9.94. The Bertz CT molecular complexity index is 854. The van der Waals surface area contributed by atoms with Gasteiger partial charge in [-0.25, -0.2) is 9.18 Å². The number of morpholine rings is 1. The third-order valence-electron chi connectivity index (χ3n) is 4.84. The van der Waals surface area contributed by atoms with Gasteiger partial charge in [-0.3, -0.25) is 4.90 Å². The molecule has 30 heavy (non-hydrogen) atoms. The fourth-order valence-electron chi connectivity index (χ4n) is 3.15. The highest BCUT2D eigenvalue weighted by molar-refractivity contribution is 5.89. The number of ether oxygens (including phenoxy) is 1. The summed E-state index contributed by atoms with van der Waals surface area (Å²) >= 11 is 0. The number of carbonyl (C=O) groups excluding carboxylic acids is 1. The van der Waals surface area contributed by atoms with Gasteiger partial charge in [0.25, 0.3) is 0 Å². The van der Waals surface area contributed by atoms with E-state index in [-0.39, 0.29) is 12.2 Å². The Morgan fingerprint density at radius 1 is 1.10 bits per heavy atom. The van der Waals surface area contributed by atoms with Crippen LogP contribution in [0.25, 0.3) is 0 Å². The van der Waals surface area contributed by atoms with Gasteiger partial charge < -0.3 is 15.0 Å². The highest BCUT2D eigenvalue weighted by atomic mass is 19.4. The second-order valence-corrected chi connectivity index (χ2v) is 6.98. The van der Waals surface area contributed by atoms with E-state index in [2.05, 4.69) is 10.2 Å². The maximum Gasteiger partial charge on any atom is 0.416 e. The van der Waals surface area contributed by atoms with E-state index in [0.717, 1.165) is 25.2 Å². The van der Waals surface area contributed by atoms with Gasteiger partial charge in [0.2, 0.25) is 0 Å². The van der Waals surface area contributed by atoms with E-state index >= 15 is 0 Å². The summed E-state index contributed by atoms with van der Waals surface area (Å²) in [6.07, 6.45) is -4.51. The van der Waals surface area contributed by atoms with Crippen molar-refractivity contribution >= 4 is 11.7 Å². The minimum Gasteiger partial charge on any atom is -0.379 e. The Labute approximate surface area is 172 Å². The van der Waals surface area contributed by atoms with Crippen molar-refractivity contribution in [3.8, 4) is 0 Å². The van der Waals surface area contributed by atoms with Crippen LogP contribution in [-0.4, -0.2) is 55.2 Å². The molecule has 0 unspecified atom stereocenters. The number of halogens is 4. The molecule has 1 saturated heterocycles. The first kappa shape index (κ1) is 22.0. The average molecular weight is 425 g/mol. The number of hydrogen-bond donors (Lipinski definition) is 1. The third-order valence-corrected chi connectivity index (χ3v) is 4.84. The van der Waals surface area contributed by atoms with Crippen LogP contribution in [0.15, 0.2) is 48.5 Å². The van der Waals surface area contributed by atoms with E-state index in [4.69, 9.17) is 4.74 Å². The molecule has 1 aliphatic heterocycles. The smallest absolute Gasteiger partial charge is 0.379 e. The van der Waals surface area contributed by atoms with Gasteiger partial charge in [0.05, 0.1) is 25.3 Å². The Morgan fingerprint density at radius 3 is 2.53 bits per heavy atom. The van der Waals surface area contributed by atoms with Crippen LogP contribution < -0.4 is 5.32 Å². The van der Waals surface area contributed by atoms with Gasteiger partial charge in [0, 0.05) is 37.4 Å².